The highest BCUT2D eigenvalue weighted by atomic mass is 16.6. The van der Waals surface area contributed by atoms with Gasteiger partial charge in [0.15, 0.2) is 18.5 Å². The Balaban J connectivity index is 1.67. The Morgan fingerprint density at radius 1 is 1.14 bits per heavy atom. The molecule has 0 unspecified atom stereocenters. The molecule has 0 aliphatic carbocycles. The van der Waals surface area contributed by atoms with Gasteiger partial charge in [0.25, 0.3) is 5.56 Å². The van der Waals surface area contributed by atoms with Gasteiger partial charge < -0.3 is 14.5 Å². The summed E-state index contributed by atoms with van der Waals surface area (Å²) in [5.41, 5.74) is 2.38. The van der Waals surface area contributed by atoms with Crippen LogP contribution in [-0.4, -0.2) is 22.5 Å². The SMILES string of the molecule is Cc1ccc(C(C)C)cc1OCC(=O)O[C@@H](C)c1nc2ccccc2c(=O)[nH]1. The second kappa shape index (κ2) is 8.25. The number of nitrogens with zero attached hydrogens (tertiary/aromatic N) is 1. The van der Waals surface area contributed by atoms with E-state index < -0.39 is 12.1 Å². The molecule has 6 heteroatoms. The van der Waals surface area contributed by atoms with Gasteiger partial charge in [0, 0.05) is 0 Å². The topological polar surface area (TPSA) is 81.3 Å². The molecule has 3 aromatic rings. The van der Waals surface area contributed by atoms with Gasteiger partial charge in [-0.15, -0.1) is 0 Å². The lowest BCUT2D eigenvalue weighted by Gasteiger charge is -2.15. The van der Waals surface area contributed by atoms with Crippen LogP contribution in [0.25, 0.3) is 10.9 Å². The molecule has 0 radical (unpaired) electrons. The number of nitrogens with one attached hydrogen (secondary N) is 1. The molecule has 0 aliphatic rings. The van der Waals surface area contributed by atoms with Crippen LogP contribution < -0.4 is 10.3 Å². The van der Waals surface area contributed by atoms with Gasteiger partial charge in [-0.2, -0.15) is 0 Å². The maximum atomic E-state index is 12.2. The van der Waals surface area contributed by atoms with Crippen molar-refractivity contribution in [1.29, 1.82) is 0 Å². The highest BCUT2D eigenvalue weighted by molar-refractivity contribution is 5.77. The van der Waals surface area contributed by atoms with Gasteiger partial charge in [0.2, 0.25) is 0 Å². The monoisotopic (exact) mass is 380 g/mol. The number of carbonyl (C=O) groups is 1. The first kappa shape index (κ1) is 19.6. The van der Waals surface area contributed by atoms with Crippen molar-refractivity contribution in [2.75, 3.05) is 6.61 Å². The van der Waals surface area contributed by atoms with Crippen molar-refractivity contribution in [2.24, 2.45) is 0 Å². The third-order valence-corrected chi connectivity index (χ3v) is 4.55. The molecule has 0 saturated carbocycles. The van der Waals surface area contributed by atoms with Gasteiger partial charge in [0.1, 0.15) is 5.75 Å². The van der Waals surface area contributed by atoms with Crippen LogP contribution in [0.15, 0.2) is 47.3 Å². The van der Waals surface area contributed by atoms with E-state index >= 15 is 0 Å². The van der Waals surface area contributed by atoms with Gasteiger partial charge in [-0.1, -0.05) is 38.1 Å². The summed E-state index contributed by atoms with van der Waals surface area (Å²) in [5.74, 6) is 0.798. The van der Waals surface area contributed by atoms with E-state index in [2.05, 4.69) is 29.9 Å². The molecule has 6 nitrogen and oxygen atoms in total. The third kappa shape index (κ3) is 4.39. The zero-order valence-corrected chi connectivity index (χ0v) is 16.5. The number of carbonyl (C=O) groups excluding carboxylic acids is 1. The number of benzene rings is 2. The van der Waals surface area contributed by atoms with Gasteiger partial charge in [-0.3, -0.25) is 4.79 Å². The summed E-state index contributed by atoms with van der Waals surface area (Å²) in [5, 5.41) is 0.494. The Labute approximate surface area is 163 Å². The Kier molecular flexibility index (Phi) is 5.78. The van der Waals surface area contributed by atoms with E-state index in [-0.39, 0.29) is 12.2 Å². The summed E-state index contributed by atoms with van der Waals surface area (Å²) in [7, 11) is 0. The summed E-state index contributed by atoms with van der Waals surface area (Å²) in [4.78, 5) is 31.4. The number of aromatic amines is 1. The van der Waals surface area contributed by atoms with E-state index in [0.29, 0.717) is 28.4 Å². The Morgan fingerprint density at radius 2 is 1.89 bits per heavy atom. The second-order valence-corrected chi connectivity index (χ2v) is 7.07. The number of ether oxygens (including phenoxy) is 2. The molecule has 0 saturated heterocycles. The van der Waals surface area contributed by atoms with Crippen molar-refractivity contribution in [3.63, 3.8) is 0 Å². The van der Waals surface area contributed by atoms with Crippen molar-refractivity contribution in [3.8, 4) is 5.75 Å². The number of aryl methyl sites for hydroxylation is 1. The molecule has 1 atom stereocenters. The first-order valence-electron chi connectivity index (χ1n) is 9.27. The Bertz CT molecular complexity index is 1060. The molecule has 0 fully saturated rings. The predicted octanol–water partition coefficient (Wildman–Crippen LogP) is 4.04. The van der Waals surface area contributed by atoms with Crippen molar-refractivity contribution in [3.05, 3.63) is 69.8 Å². The molecule has 0 aliphatic heterocycles. The predicted molar refractivity (Wildman–Crippen MR) is 108 cm³/mol. The zero-order valence-electron chi connectivity index (χ0n) is 16.5. The molecule has 2 aromatic carbocycles. The lowest BCUT2D eigenvalue weighted by atomic mass is 10.0. The molecule has 1 heterocycles. The van der Waals surface area contributed by atoms with Crippen molar-refractivity contribution in [1.82, 2.24) is 9.97 Å². The normalized spacial score (nSPS) is 12.2. The fraction of sp³-hybridized carbons (Fsp3) is 0.318. The van der Waals surface area contributed by atoms with Crippen molar-refractivity contribution < 1.29 is 14.3 Å². The van der Waals surface area contributed by atoms with Gasteiger partial charge >= 0.3 is 5.97 Å². The number of hydrogen-bond donors (Lipinski definition) is 1. The van der Waals surface area contributed by atoms with E-state index in [9.17, 15) is 9.59 Å². The zero-order chi connectivity index (χ0) is 20.3. The van der Waals surface area contributed by atoms with Crippen LogP contribution in [0, 0.1) is 6.92 Å². The first-order chi connectivity index (χ1) is 13.3. The molecule has 0 bridgehead atoms. The molecule has 146 valence electrons. The highest BCUT2D eigenvalue weighted by Gasteiger charge is 2.16. The molecule has 1 N–H and O–H groups in total. The summed E-state index contributed by atoms with van der Waals surface area (Å²) in [6, 6.07) is 13.0. The third-order valence-electron chi connectivity index (χ3n) is 4.55. The first-order valence-corrected chi connectivity index (χ1v) is 9.27. The van der Waals surface area contributed by atoms with Crippen LogP contribution >= 0.6 is 0 Å². The van der Waals surface area contributed by atoms with Gasteiger partial charge in [-0.05, 0) is 49.1 Å². The van der Waals surface area contributed by atoms with Crippen molar-refractivity contribution >= 4 is 16.9 Å². The minimum atomic E-state index is -0.698. The standard InChI is InChI=1S/C22H24N2O4/c1-13(2)16-10-9-14(3)19(11-16)27-12-20(25)28-15(4)21-23-18-8-6-5-7-17(18)22(26)24-21/h5-11,13,15H,12H2,1-4H3,(H,23,24,26)/t15-/m0/s1. The average Bonchev–Trinajstić information content (AvgIpc) is 2.67. The lowest BCUT2D eigenvalue weighted by Crippen LogP contribution is -2.20. The fourth-order valence-electron chi connectivity index (χ4n) is 2.85. The molecule has 0 spiro atoms. The largest absolute Gasteiger partial charge is 0.482 e. The second-order valence-electron chi connectivity index (χ2n) is 7.07. The number of fused-ring (bicyclic) bond motifs is 1. The summed E-state index contributed by atoms with van der Waals surface area (Å²) in [6.45, 7) is 7.57. The average molecular weight is 380 g/mol. The van der Waals surface area contributed by atoms with E-state index in [1.54, 1.807) is 31.2 Å². The minimum Gasteiger partial charge on any atom is -0.482 e. The number of rotatable bonds is 6. The van der Waals surface area contributed by atoms with Crippen LogP contribution in [0.5, 0.6) is 5.75 Å². The molecule has 28 heavy (non-hydrogen) atoms. The maximum Gasteiger partial charge on any atom is 0.344 e. The van der Waals surface area contributed by atoms with Crippen LogP contribution in [0.4, 0.5) is 0 Å². The van der Waals surface area contributed by atoms with Crippen LogP contribution in [0.1, 0.15) is 49.7 Å². The maximum absolute atomic E-state index is 12.2. The molecule has 1 aromatic heterocycles. The summed E-state index contributed by atoms with van der Waals surface area (Å²) in [6.07, 6.45) is -0.698. The smallest absolute Gasteiger partial charge is 0.344 e. The lowest BCUT2D eigenvalue weighted by molar-refractivity contribution is -0.151. The quantitative estimate of drug-likeness (QED) is 0.653. The van der Waals surface area contributed by atoms with Gasteiger partial charge in [-0.25, -0.2) is 9.78 Å². The number of para-hydroxylation sites is 1. The van der Waals surface area contributed by atoms with Crippen molar-refractivity contribution in [2.45, 2.75) is 39.7 Å². The van der Waals surface area contributed by atoms with E-state index in [4.69, 9.17) is 9.47 Å². The molecule has 3 rings (SSSR count). The van der Waals surface area contributed by atoms with E-state index in [1.165, 1.54) is 0 Å². The Morgan fingerprint density at radius 3 is 2.64 bits per heavy atom. The van der Waals surface area contributed by atoms with Gasteiger partial charge in [0.05, 0.1) is 10.9 Å². The Hall–Kier alpha value is -3.15. The van der Waals surface area contributed by atoms with E-state index in [1.807, 2.05) is 19.1 Å². The minimum absolute atomic E-state index is 0.218. The number of H-pyrrole nitrogens is 1. The van der Waals surface area contributed by atoms with E-state index in [0.717, 1.165) is 11.1 Å². The molecule has 0 amide bonds. The fourth-order valence-corrected chi connectivity index (χ4v) is 2.85. The highest BCUT2D eigenvalue weighted by Crippen LogP contribution is 2.24. The van der Waals surface area contributed by atoms with Crippen LogP contribution in [0.2, 0.25) is 0 Å². The van der Waals surface area contributed by atoms with Crippen LogP contribution in [-0.2, 0) is 9.53 Å². The molecular formula is C22H24N2O4. The van der Waals surface area contributed by atoms with Crippen LogP contribution in [0.3, 0.4) is 0 Å². The number of aromatic nitrogens is 2. The number of hydrogen-bond acceptors (Lipinski definition) is 5. The molecular weight excluding hydrogens is 356 g/mol. The summed E-state index contributed by atoms with van der Waals surface area (Å²) < 4.78 is 11.0. The number of esters is 1. The summed E-state index contributed by atoms with van der Waals surface area (Å²) >= 11 is 0.